The van der Waals surface area contributed by atoms with Crippen molar-refractivity contribution in [1.82, 2.24) is 10.6 Å². The van der Waals surface area contributed by atoms with E-state index in [0.717, 1.165) is 22.3 Å². The van der Waals surface area contributed by atoms with Gasteiger partial charge in [-0.15, -0.1) is 6.58 Å². The van der Waals surface area contributed by atoms with Crippen molar-refractivity contribution in [3.63, 3.8) is 0 Å². The second kappa shape index (κ2) is 12.2. The Hall–Kier alpha value is -3.61. The van der Waals surface area contributed by atoms with Crippen molar-refractivity contribution >= 4 is 18.0 Å². The molecule has 0 heterocycles. The monoisotopic (exact) mass is 478 g/mol. The molecule has 0 saturated heterocycles. The average molecular weight is 479 g/mol. The van der Waals surface area contributed by atoms with Crippen LogP contribution in [0.15, 0.2) is 61.2 Å². The Labute approximate surface area is 206 Å². The highest BCUT2D eigenvalue weighted by Gasteiger charge is 2.29. The Morgan fingerprint density at radius 1 is 1.06 bits per heavy atom. The molecule has 3 rings (SSSR count). The number of amides is 2. The summed E-state index contributed by atoms with van der Waals surface area (Å²) in [6.07, 6.45) is 1.90. The molecule has 3 N–H and O–H groups in total. The van der Waals surface area contributed by atoms with Gasteiger partial charge in [-0.3, -0.25) is 4.79 Å². The van der Waals surface area contributed by atoms with Crippen molar-refractivity contribution in [1.29, 1.82) is 0 Å². The fraction of sp³-hybridized carbons (Fsp3) is 0.393. The number of ether oxygens (including phenoxy) is 1. The number of rotatable bonds is 12. The minimum absolute atomic E-state index is 0.0248. The van der Waals surface area contributed by atoms with Crippen LogP contribution in [0.5, 0.6) is 0 Å². The van der Waals surface area contributed by atoms with Crippen LogP contribution in [0, 0.1) is 11.8 Å². The molecule has 35 heavy (non-hydrogen) atoms. The Morgan fingerprint density at radius 3 is 2.20 bits per heavy atom. The average Bonchev–Trinajstić information content (AvgIpc) is 3.14. The zero-order chi connectivity index (χ0) is 25.4. The van der Waals surface area contributed by atoms with E-state index in [2.05, 4.69) is 41.5 Å². The van der Waals surface area contributed by atoms with Gasteiger partial charge in [0.25, 0.3) is 0 Å². The summed E-state index contributed by atoms with van der Waals surface area (Å²) < 4.78 is 5.59. The molecule has 1 aliphatic carbocycles. The lowest BCUT2D eigenvalue weighted by Crippen LogP contribution is -2.42. The van der Waals surface area contributed by atoms with Crippen molar-refractivity contribution in [2.75, 3.05) is 13.2 Å². The normalized spacial score (nSPS) is 13.9. The molecule has 7 heteroatoms. The maximum absolute atomic E-state index is 12.5. The number of benzene rings is 2. The topological polar surface area (TPSA) is 105 Å². The van der Waals surface area contributed by atoms with E-state index in [4.69, 9.17) is 4.74 Å². The third-order valence-electron chi connectivity index (χ3n) is 6.19. The van der Waals surface area contributed by atoms with Crippen LogP contribution in [0.4, 0.5) is 4.79 Å². The number of carbonyl (C=O) groups excluding carboxylic acids is 2. The molecule has 0 fully saturated rings. The molecule has 2 amide bonds. The third kappa shape index (κ3) is 6.94. The van der Waals surface area contributed by atoms with E-state index in [-0.39, 0.29) is 43.7 Å². The van der Waals surface area contributed by atoms with Crippen LogP contribution in [-0.2, 0) is 14.3 Å². The summed E-state index contributed by atoms with van der Waals surface area (Å²) in [6, 6.07) is 15.3. The van der Waals surface area contributed by atoms with Crippen molar-refractivity contribution in [2.24, 2.45) is 11.8 Å². The largest absolute Gasteiger partial charge is 0.480 e. The summed E-state index contributed by atoms with van der Waals surface area (Å²) in [5.41, 5.74) is 4.61. The smallest absolute Gasteiger partial charge is 0.407 e. The first-order valence-corrected chi connectivity index (χ1v) is 12.0. The predicted octanol–water partition coefficient (Wildman–Crippen LogP) is 4.72. The molecule has 7 nitrogen and oxygen atoms in total. The fourth-order valence-corrected chi connectivity index (χ4v) is 4.69. The van der Waals surface area contributed by atoms with E-state index in [1.54, 1.807) is 0 Å². The first kappa shape index (κ1) is 26.0. The zero-order valence-corrected chi connectivity index (χ0v) is 20.3. The predicted molar refractivity (Wildman–Crippen MR) is 135 cm³/mol. The molecule has 1 aliphatic rings. The molecule has 0 aromatic heterocycles. The lowest BCUT2D eigenvalue weighted by atomic mass is 9.93. The van der Waals surface area contributed by atoms with Crippen LogP contribution in [0.3, 0.4) is 0 Å². The fourth-order valence-electron chi connectivity index (χ4n) is 4.69. The molecule has 2 aromatic rings. The Bertz CT molecular complexity index is 1020. The summed E-state index contributed by atoms with van der Waals surface area (Å²) >= 11 is 0. The number of carboxylic acids is 1. The van der Waals surface area contributed by atoms with Gasteiger partial charge in [0, 0.05) is 18.9 Å². The van der Waals surface area contributed by atoms with Gasteiger partial charge in [-0.25, -0.2) is 9.59 Å². The third-order valence-corrected chi connectivity index (χ3v) is 6.19. The van der Waals surface area contributed by atoms with Crippen molar-refractivity contribution in [3.05, 3.63) is 72.3 Å². The number of hydrogen-bond donors (Lipinski definition) is 3. The Balaban J connectivity index is 1.55. The molecule has 0 bridgehead atoms. The minimum Gasteiger partial charge on any atom is -0.480 e. The van der Waals surface area contributed by atoms with Gasteiger partial charge in [0.2, 0.25) is 5.91 Å². The van der Waals surface area contributed by atoms with Gasteiger partial charge < -0.3 is 20.5 Å². The van der Waals surface area contributed by atoms with Crippen LogP contribution in [0.2, 0.25) is 0 Å². The quantitative estimate of drug-likeness (QED) is 0.383. The molecular formula is C28H34N2O5. The van der Waals surface area contributed by atoms with Gasteiger partial charge in [0.1, 0.15) is 12.6 Å². The van der Waals surface area contributed by atoms with Gasteiger partial charge in [-0.1, -0.05) is 68.5 Å². The van der Waals surface area contributed by atoms with E-state index in [1.165, 1.54) is 6.08 Å². The maximum Gasteiger partial charge on any atom is 0.407 e. The summed E-state index contributed by atoms with van der Waals surface area (Å²) in [7, 11) is 0. The molecule has 1 unspecified atom stereocenters. The molecule has 0 saturated carbocycles. The van der Waals surface area contributed by atoms with E-state index in [0.29, 0.717) is 12.3 Å². The van der Waals surface area contributed by atoms with Crippen molar-refractivity contribution in [2.45, 2.75) is 45.1 Å². The number of fused-ring (bicyclic) bond motifs is 3. The number of aliphatic carboxylic acids is 1. The second-order valence-corrected chi connectivity index (χ2v) is 9.39. The van der Waals surface area contributed by atoms with Gasteiger partial charge in [-0.2, -0.15) is 0 Å². The second-order valence-electron chi connectivity index (χ2n) is 9.39. The number of nitrogens with one attached hydrogen (secondary N) is 2. The Morgan fingerprint density at radius 2 is 1.66 bits per heavy atom. The molecule has 0 spiro atoms. The lowest BCUT2D eigenvalue weighted by Gasteiger charge is -2.21. The molecule has 0 aliphatic heterocycles. The summed E-state index contributed by atoms with van der Waals surface area (Å²) in [5, 5.41) is 14.6. The van der Waals surface area contributed by atoms with Crippen molar-refractivity contribution in [3.8, 4) is 11.1 Å². The summed E-state index contributed by atoms with van der Waals surface area (Å²) in [6.45, 7) is 8.09. The highest BCUT2D eigenvalue weighted by molar-refractivity contribution is 5.84. The zero-order valence-electron chi connectivity index (χ0n) is 20.3. The van der Waals surface area contributed by atoms with Gasteiger partial charge in [-0.05, 0) is 46.9 Å². The molecular weight excluding hydrogens is 444 g/mol. The number of carbonyl (C=O) groups is 3. The van der Waals surface area contributed by atoms with Crippen LogP contribution < -0.4 is 10.6 Å². The Kier molecular flexibility index (Phi) is 9.06. The SMILES string of the molecule is C=CCC(NC(=O)C[C@@H](CNC(=O)OCC1c2ccccc2-c2ccccc21)CC(C)C)C(=O)O. The highest BCUT2D eigenvalue weighted by atomic mass is 16.5. The van der Waals surface area contributed by atoms with Crippen LogP contribution in [0.1, 0.15) is 50.2 Å². The first-order valence-electron chi connectivity index (χ1n) is 12.0. The minimum atomic E-state index is -1.10. The van der Waals surface area contributed by atoms with Gasteiger partial charge in [0.05, 0.1) is 0 Å². The molecule has 2 aromatic carbocycles. The maximum atomic E-state index is 12.5. The summed E-state index contributed by atoms with van der Waals surface area (Å²) in [4.78, 5) is 36.3. The summed E-state index contributed by atoms with van der Waals surface area (Å²) in [5.74, 6) is -1.33. The van der Waals surface area contributed by atoms with Crippen LogP contribution in [0.25, 0.3) is 11.1 Å². The van der Waals surface area contributed by atoms with Crippen LogP contribution in [-0.4, -0.2) is 42.3 Å². The van der Waals surface area contributed by atoms with Crippen LogP contribution >= 0.6 is 0 Å². The van der Waals surface area contributed by atoms with E-state index in [1.807, 2.05) is 38.1 Å². The number of hydrogen-bond acceptors (Lipinski definition) is 4. The molecule has 2 atom stereocenters. The van der Waals surface area contributed by atoms with Gasteiger partial charge in [0.15, 0.2) is 0 Å². The van der Waals surface area contributed by atoms with E-state index in [9.17, 15) is 19.5 Å². The first-order chi connectivity index (χ1) is 16.8. The van der Waals surface area contributed by atoms with Crippen molar-refractivity contribution < 1.29 is 24.2 Å². The standard InChI is InChI=1S/C28H34N2O5/c1-4-9-25(27(32)33)30-26(31)15-19(14-18(2)3)16-29-28(34)35-17-24-22-12-7-5-10-20(22)21-11-6-8-13-23(21)24/h4-8,10-13,18-19,24-25H,1,9,14-17H2,2-3H3,(H,29,34)(H,30,31)(H,32,33)/t19-,25?/m0/s1. The lowest BCUT2D eigenvalue weighted by molar-refractivity contribution is -0.141. The molecule has 186 valence electrons. The van der Waals surface area contributed by atoms with Gasteiger partial charge >= 0.3 is 12.1 Å². The van der Waals surface area contributed by atoms with E-state index >= 15 is 0 Å². The highest BCUT2D eigenvalue weighted by Crippen LogP contribution is 2.44. The number of alkyl carbamates (subject to hydrolysis) is 1. The number of carboxylic acid groups (broad SMARTS) is 1. The molecule has 0 radical (unpaired) electrons. The van der Waals surface area contributed by atoms with E-state index < -0.39 is 18.1 Å².